The Hall–Kier alpha value is -1.55. The molecule has 1 unspecified atom stereocenters. The van der Waals surface area contributed by atoms with Crippen molar-refractivity contribution in [2.24, 2.45) is 0 Å². The van der Waals surface area contributed by atoms with E-state index in [0.717, 1.165) is 5.56 Å². The first-order valence-corrected chi connectivity index (χ1v) is 7.29. The number of carbonyl (C=O) groups excluding carboxylic acids is 1. The standard InChI is InChI=1S/C16H15Cl2NO2/c17-12-6-7-14(18)13(10-12)16(21)19-15(8-9-20)11-4-2-1-3-5-11/h1-7,10,15,20H,8-9H2,(H,19,21). The van der Waals surface area contributed by atoms with Crippen LogP contribution in [0.5, 0.6) is 0 Å². The van der Waals surface area contributed by atoms with Crippen molar-refractivity contribution >= 4 is 29.1 Å². The number of benzene rings is 2. The number of aliphatic hydroxyl groups excluding tert-OH is 1. The second kappa shape index (κ2) is 7.46. The van der Waals surface area contributed by atoms with Gasteiger partial charge in [-0.1, -0.05) is 53.5 Å². The molecule has 3 nitrogen and oxygen atoms in total. The molecule has 0 heterocycles. The highest BCUT2D eigenvalue weighted by Gasteiger charge is 2.17. The van der Waals surface area contributed by atoms with Gasteiger partial charge in [0, 0.05) is 11.6 Å². The van der Waals surface area contributed by atoms with Crippen LogP contribution in [0.1, 0.15) is 28.4 Å². The normalized spacial score (nSPS) is 12.0. The molecule has 1 atom stereocenters. The van der Waals surface area contributed by atoms with Crippen molar-refractivity contribution in [1.29, 1.82) is 0 Å². The molecule has 2 aromatic carbocycles. The highest BCUT2D eigenvalue weighted by molar-refractivity contribution is 6.35. The number of hydrogen-bond acceptors (Lipinski definition) is 2. The van der Waals surface area contributed by atoms with Crippen LogP contribution in [0.4, 0.5) is 0 Å². The van der Waals surface area contributed by atoms with Gasteiger partial charge in [-0.05, 0) is 30.2 Å². The number of halogens is 2. The summed E-state index contributed by atoms with van der Waals surface area (Å²) in [6, 6.07) is 13.9. The van der Waals surface area contributed by atoms with Crippen molar-refractivity contribution in [1.82, 2.24) is 5.32 Å². The van der Waals surface area contributed by atoms with Gasteiger partial charge in [0.2, 0.25) is 0 Å². The Kier molecular flexibility index (Phi) is 5.62. The lowest BCUT2D eigenvalue weighted by Gasteiger charge is -2.18. The molecular weight excluding hydrogens is 309 g/mol. The van der Waals surface area contributed by atoms with E-state index >= 15 is 0 Å². The molecule has 0 aliphatic heterocycles. The van der Waals surface area contributed by atoms with E-state index in [4.69, 9.17) is 23.2 Å². The minimum absolute atomic E-state index is 0.0247. The lowest BCUT2D eigenvalue weighted by molar-refractivity contribution is 0.0930. The molecule has 0 saturated carbocycles. The number of rotatable bonds is 5. The minimum Gasteiger partial charge on any atom is -0.396 e. The summed E-state index contributed by atoms with van der Waals surface area (Å²) in [5, 5.41) is 12.8. The predicted molar refractivity (Wildman–Crippen MR) is 84.8 cm³/mol. The van der Waals surface area contributed by atoms with E-state index in [1.54, 1.807) is 12.1 Å². The zero-order chi connectivity index (χ0) is 15.2. The molecule has 2 aromatic rings. The summed E-state index contributed by atoms with van der Waals surface area (Å²) < 4.78 is 0. The van der Waals surface area contributed by atoms with Crippen molar-refractivity contribution in [2.45, 2.75) is 12.5 Å². The molecular formula is C16H15Cl2NO2. The first-order chi connectivity index (χ1) is 10.1. The predicted octanol–water partition coefficient (Wildman–Crippen LogP) is 3.85. The quantitative estimate of drug-likeness (QED) is 0.878. The molecule has 0 saturated heterocycles. The Balaban J connectivity index is 2.20. The largest absolute Gasteiger partial charge is 0.396 e. The lowest BCUT2D eigenvalue weighted by atomic mass is 10.0. The van der Waals surface area contributed by atoms with Crippen LogP contribution in [0.15, 0.2) is 48.5 Å². The van der Waals surface area contributed by atoms with E-state index in [1.165, 1.54) is 6.07 Å². The van der Waals surface area contributed by atoms with Gasteiger partial charge >= 0.3 is 0 Å². The molecule has 0 bridgehead atoms. The van der Waals surface area contributed by atoms with Crippen LogP contribution in [0.2, 0.25) is 10.0 Å². The fourth-order valence-electron chi connectivity index (χ4n) is 2.04. The van der Waals surface area contributed by atoms with Crippen molar-refractivity contribution in [3.8, 4) is 0 Å². The third kappa shape index (κ3) is 4.21. The van der Waals surface area contributed by atoms with Gasteiger partial charge in [0.25, 0.3) is 5.91 Å². The molecule has 21 heavy (non-hydrogen) atoms. The zero-order valence-corrected chi connectivity index (χ0v) is 12.7. The molecule has 0 radical (unpaired) electrons. The van der Waals surface area contributed by atoms with Crippen LogP contribution in [-0.4, -0.2) is 17.6 Å². The van der Waals surface area contributed by atoms with Gasteiger partial charge < -0.3 is 10.4 Å². The van der Waals surface area contributed by atoms with Crippen LogP contribution in [-0.2, 0) is 0 Å². The summed E-state index contributed by atoms with van der Waals surface area (Å²) in [6.45, 7) is -0.0247. The lowest BCUT2D eigenvalue weighted by Crippen LogP contribution is -2.29. The van der Waals surface area contributed by atoms with Crippen LogP contribution >= 0.6 is 23.2 Å². The molecule has 0 aromatic heterocycles. The Labute approximate surface area is 133 Å². The van der Waals surface area contributed by atoms with Gasteiger partial charge in [0.15, 0.2) is 0 Å². The number of amides is 1. The molecule has 0 fully saturated rings. The van der Waals surface area contributed by atoms with E-state index in [1.807, 2.05) is 30.3 Å². The van der Waals surface area contributed by atoms with Gasteiger partial charge in [-0.3, -0.25) is 4.79 Å². The smallest absolute Gasteiger partial charge is 0.253 e. The second-order valence-corrected chi connectivity index (χ2v) is 5.42. The fourth-order valence-corrected chi connectivity index (χ4v) is 2.42. The minimum atomic E-state index is -0.315. The molecule has 0 aliphatic carbocycles. The second-order valence-electron chi connectivity index (χ2n) is 4.57. The monoisotopic (exact) mass is 323 g/mol. The van der Waals surface area contributed by atoms with Gasteiger partial charge in [0.05, 0.1) is 16.6 Å². The van der Waals surface area contributed by atoms with Gasteiger partial charge in [-0.25, -0.2) is 0 Å². The number of nitrogens with one attached hydrogen (secondary N) is 1. The molecule has 110 valence electrons. The van der Waals surface area contributed by atoms with E-state index in [9.17, 15) is 9.90 Å². The van der Waals surface area contributed by atoms with E-state index in [0.29, 0.717) is 22.0 Å². The van der Waals surface area contributed by atoms with Gasteiger partial charge in [0.1, 0.15) is 0 Å². The number of aliphatic hydroxyl groups is 1. The molecule has 0 aliphatic rings. The van der Waals surface area contributed by atoms with Crippen LogP contribution in [0.25, 0.3) is 0 Å². The Morgan fingerprint density at radius 2 is 1.86 bits per heavy atom. The highest BCUT2D eigenvalue weighted by Crippen LogP contribution is 2.22. The summed E-state index contributed by atoms with van der Waals surface area (Å²) >= 11 is 11.9. The maximum Gasteiger partial charge on any atom is 0.253 e. The van der Waals surface area contributed by atoms with Crippen LogP contribution in [0.3, 0.4) is 0 Å². The third-order valence-electron chi connectivity index (χ3n) is 3.10. The first kappa shape index (κ1) is 15.8. The van der Waals surface area contributed by atoms with E-state index in [-0.39, 0.29) is 18.6 Å². The Morgan fingerprint density at radius 1 is 1.14 bits per heavy atom. The molecule has 1 amide bonds. The average molecular weight is 324 g/mol. The zero-order valence-electron chi connectivity index (χ0n) is 11.2. The Bertz CT molecular complexity index is 617. The van der Waals surface area contributed by atoms with Gasteiger partial charge in [-0.2, -0.15) is 0 Å². The van der Waals surface area contributed by atoms with Crippen molar-refractivity contribution in [2.75, 3.05) is 6.61 Å². The maximum atomic E-state index is 12.3. The average Bonchev–Trinajstić information content (AvgIpc) is 2.50. The topological polar surface area (TPSA) is 49.3 Å². The van der Waals surface area contributed by atoms with E-state index < -0.39 is 0 Å². The third-order valence-corrected chi connectivity index (χ3v) is 3.66. The molecule has 0 spiro atoms. The molecule has 2 rings (SSSR count). The molecule has 2 N–H and O–H groups in total. The Morgan fingerprint density at radius 3 is 2.52 bits per heavy atom. The highest BCUT2D eigenvalue weighted by atomic mass is 35.5. The summed E-state index contributed by atoms with van der Waals surface area (Å²) in [7, 11) is 0. The summed E-state index contributed by atoms with van der Waals surface area (Å²) in [5.41, 5.74) is 1.25. The van der Waals surface area contributed by atoms with Crippen molar-refractivity contribution in [3.63, 3.8) is 0 Å². The summed E-state index contributed by atoms with van der Waals surface area (Å²) in [6.07, 6.45) is 0.425. The number of carbonyl (C=O) groups is 1. The summed E-state index contributed by atoms with van der Waals surface area (Å²) in [5.74, 6) is -0.315. The number of hydrogen-bond donors (Lipinski definition) is 2. The fraction of sp³-hybridized carbons (Fsp3) is 0.188. The van der Waals surface area contributed by atoms with Gasteiger partial charge in [-0.15, -0.1) is 0 Å². The first-order valence-electron chi connectivity index (χ1n) is 6.53. The van der Waals surface area contributed by atoms with E-state index in [2.05, 4.69) is 5.32 Å². The molecule has 5 heteroatoms. The maximum absolute atomic E-state index is 12.3. The SMILES string of the molecule is O=C(NC(CCO)c1ccccc1)c1cc(Cl)ccc1Cl. The van der Waals surface area contributed by atoms with Crippen molar-refractivity contribution in [3.05, 3.63) is 69.7 Å². The van der Waals surface area contributed by atoms with Crippen LogP contribution < -0.4 is 5.32 Å². The van der Waals surface area contributed by atoms with Crippen LogP contribution in [0, 0.1) is 0 Å². The summed E-state index contributed by atoms with van der Waals surface area (Å²) in [4.78, 5) is 12.3. The van der Waals surface area contributed by atoms with Crippen molar-refractivity contribution < 1.29 is 9.90 Å².